The zero-order chi connectivity index (χ0) is 11.4. The Labute approximate surface area is 93.6 Å². The van der Waals surface area contributed by atoms with Crippen molar-refractivity contribution in [3.8, 4) is 0 Å². The minimum atomic E-state index is -0.816. The molecule has 88 valence electrons. The zero-order valence-corrected chi connectivity index (χ0v) is 9.01. The smallest absolute Gasteiger partial charge is 0.164 e. The lowest BCUT2D eigenvalue weighted by Crippen LogP contribution is -2.14. The number of rotatable bonds is 4. The summed E-state index contributed by atoms with van der Waals surface area (Å²) < 4.78 is 31.5. The average Bonchev–Trinajstić information content (AvgIpc) is 2.77. The highest BCUT2D eigenvalue weighted by molar-refractivity contribution is 5.17. The third-order valence-corrected chi connectivity index (χ3v) is 2.81. The topological polar surface area (TPSA) is 21.3 Å². The van der Waals surface area contributed by atoms with Crippen molar-refractivity contribution < 1.29 is 13.5 Å². The predicted molar refractivity (Wildman–Crippen MR) is 57.0 cm³/mol. The Kier molecular flexibility index (Phi) is 3.85. The van der Waals surface area contributed by atoms with Crippen molar-refractivity contribution in [1.82, 2.24) is 5.32 Å². The number of ether oxygens (including phenoxy) is 1. The molecular formula is C12H15F2NO. The summed E-state index contributed by atoms with van der Waals surface area (Å²) in [5.41, 5.74) is 0.283. The van der Waals surface area contributed by atoms with E-state index in [1.54, 1.807) is 6.07 Å². The van der Waals surface area contributed by atoms with Crippen molar-refractivity contribution in [2.45, 2.75) is 13.0 Å². The van der Waals surface area contributed by atoms with Crippen LogP contribution in [-0.2, 0) is 11.3 Å². The van der Waals surface area contributed by atoms with E-state index in [2.05, 4.69) is 5.32 Å². The molecule has 1 unspecified atom stereocenters. The highest BCUT2D eigenvalue weighted by Crippen LogP contribution is 2.14. The molecule has 0 amide bonds. The van der Waals surface area contributed by atoms with Gasteiger partial charge in [-0.2, -0.15) is 0 Å². The van der Waals surface area contributed by atoms with Gasteiger partial charge in [-0.1, -0.05) is 12.1 Å². The van der Waals surface area contributed by atoms with Crippen LogP contribution in [0, 0.1) is 17.6 Å². The number of nitrogens with one attached hydrogen (secondary N) is 1. The monoisotopic (exact) mass is 227 g/mol. The Morgan fingerprint density at radius 2 is 2.25 bits per heavy atom. The van der Waals surface area contributed by atoms with Crippen molar-refractivity contribution in [3.05, 3.63) is 35.4 Å². The second-order valence-corrected chi connectivity index (χ2v) is 4.09. The van der Waals surface area contributed by atoms with Crippen molar-refractivity contribution >= 4 is 0 Å². The van der Waals surface area contributed by atoms with E-state index in [0.29, 0.717) is 12.5 Å². The maximum absolute atomic E-state index is 13.2. The largest absolute Gasteiger partial charge is 0.376 e. The van der Waals surface area contributed by atoms with Gasteiger partial charge >= 0.3 is 0 Å². The first kappa shape index (κ1) is 11.5. The van der Waals surface area contributed by atoms with Crippen molar-refractivity contribution in [2.75, 3.05) is 19.7 Å². The van der Waals surface area contributed by atoms with Gasteiger partial charge < -0.3 is 10.1 Å². The lowest BCUT2D eigenvalue weighted by Gasteiger charge is -2.09. The molecule has 0 saturated carbocycles. The molecule has 1 atom stereocenters. The first-order chi connectivity index (χ1) is 7.77. The summed E-state index contributed by atoms with van der Waals surface area (Å²) in [4.78, 5) is 0. The summed E-state index contributed by atoms with van der Waals surface area (Å²) in [5.74, 6) is -1.12. The number of benzene rings is 1. The van der Waals surface area contributed by atoms with Crippen LogP contribution in [0.4, 0.5) is 8.78 Å². The van der Waals surface area contributed by atoms with Crippen LogP contribution in [0.1, 0.15) is 12.0 Å². The average molecular weight is 227 g/mol. The van der Waals surface area contributed by atoms with Gasteiger partial charge in [0.2, 0.25) is 0 Å². The van der Waals surface area contributed by atoms with Gasteiger partial charge in [0.1, 0.15) is 0 Å². The molecular weight excluding hydrogens is 212 g/mol. The molecule has 1 fully saturated rings. The van der Waals surface area contributed by atoms with E-state index >= 15 is 0 Å². The minimum absolute atomic E-state index is 0.139. The van der Waals surface area contributed by atoms with Gasteiger partial charge in [0.15, 0.2) is 11.6 Å². The third-order valence-electron chi connectivity index (χ3n) is 2.81. The zero-order valence-electron chi connectivity index (χ0n) is 9.01. The Balaban J connectivity index is 1.82. The van der Waals surface area contributed by atoms with Gasteiger partial charge in [-0.15, -0.1) is 0 Å². The Morgan fingerprint density at radius 1 is 1.38 bits per heavy atom. The molecule has 1 aromatic rings. The standard InChI is InChI=1S/C12H15F2NO/c13-11-3-1-2-10(12(11)14)8-16-7-9-4-5-15-6-9/h1-3,9,15H,4-8H2. The van der Waals surface area contributed by atoms with Crippen LogP contribution in [0.5, 0.6) is 0 Å². The quantitative estimate of drug-likeness (QED) is 0.850. The van der Waals surface area contributed by atoms with Gasteiger partial charge in [0.25, 0.3) is 0 Å². The van der Waals surface area contributed by atoms with Crippen LogP contribution in [0.15, 0.2) is 18.2 Å². The molecule has 0 aromatic heterocycles. The van der Waals surface area contributed by atoms with Crippen molar-refractivity contribution in [3.63, 3.8) is 0 Å². The second kappa shape index (κ2) is 5.37. The normalized spacial score (nSPS) is 20.2. The maximum atomic E-state index is 13.2. The van der Waals surface area contributed by atoms with Gasteiger partial charge in [-0.05, 0) is 24.9 Å². The van der Waals surface area contributed by atoms with Gasteiger partial charge in [0, 0.05) is 12.1 Å². The van der Waals surface area contributed by atoms with E-state index in [-0.39, 0.29) is 12.2 Å². The fraction of sp³-hybridized carbons (Fsp3) is 0.500. The summed E-state index contributed by atoms with van der Waals surface area (Å²) >= 11 is 0. The molecule has 1 aromatic carbocycles. The first-order valence-corrected chi connectivity index (χ1v) is 5.48. The molecule has 1 saturated heterocycles. The summed E-state index contributed by atoms with van der Waals surface area (Å²) in [6, 6.07) is 4.15. The number of hydrogen-bond acceptors (Lipinski definition) is 2. The van der Waals surface area contributed by atoms with E-state index in [9.17, 15) is 8.78 Å². The summed E-state index contributed by atoms with van der Waals surface area (Å²) in [5, 5.41) is 3.23. The van der Waals surface area contributed by atoms with Gasteiger partial charge in [-0.25, -0.2) is 8.78 Å². The van der Waals surface area contributed by atoms with Crippen LogP contribution in [-0.4, -0.2) is 19.7 Å². The van der Waals surface area contributed by atoms with E-state index in [1.807, 2.05) is 0 Å². The second-order valence-electron chi connectivity index (χ2n) is 4.09. The van der Waals surface area contributed by atoms with Crippen LogP contribution >= 0.6 is 0 Å². The van der Waals surface area contributed by atoms with E-state index in [4.69, 9.17) is 4.74 Å². The Bertz CT molecular complexity index is 351. The molecule has 1 aliphatic rings. The van der Waals surface area contributed by atoms with Gasteiger partial charge in [0.05, 0.1) is 13.2 Å². The Morgan fingerprint density at radius 3 is 3.00 bits per heavy atom. The molecule has 0 bridgehead atoms. The molecule has 16 heavy (non-hydrogen) atoms. The molecule has 4 heteroatoms. The molecule has 0 aliphatic carbocycles. The molecule has 1 N–H and O–H groups in total. The molecule has 2 nitrogen and oxygen atoms in total. The fourth-order valence-corrected chi connectivity index (χ4v) is 1.85. The van der Waals surface area contributed by atoms with Crippen LogP contribution in [0.3, 0.4) is 0 Å². The number of halogens is 2. The van der Waals surface area contributed by atoms with E-state index in [0.717, 1.165) is 25.6 Å². The minimum Gasteiger partial charge on any atom is -0.376 e. The highest BCUT2D eigenvalue weighted by Gasteiger charge is 2.15. The lowest BCUT2D eigenvalue weighted by atomic mass is 10.1. The van der Waals surface area contributed by atoms with E-state index < -0.39 is 11.6 Å². The molecule has 1 aliphatic heterocycles. The predicted octanol–water partition coefficient (Wildman–Crippen LogP) is 2.09. The van der Waals surface area contributed by atoms with Crippen molar-refractivity contribution in [1.29, 1.82) is 0 Å². The maximum Gasteiger partial charge on any atom is 0.164 e. The summed E-state index contributed by atoms with van der Waals surface area (Å²) in [6.45, 7) is 2.71. The SMILES string of the molecule is Fc1cccc(COCC2CCNC2)c1F. The van der Waals surface area contributed by atoms with Crippen LogP contribution in [0.2, 0.25) is 0 Å². The molecule has 1 heterocycles. The third kappa shape index (κ3) is 2.77. The molecule has 0 radical (unpaired) electrons. The first-order valence-electron chi connectivity index (χ1n) is 5.48. The van der Waals surface area contributed by atoms with E-state index in [1.165, 1.54) is 6.07 Å². The van der Waals surface area contributed by atoms with Gasteiger partial charge in [-0.3, -0.25) is 0 Å². The van der Waals surface area contributed by atoms with Crippen LogP contribution < -0.4 is 5.32 Å². The highest BCUT2D eigenvalue weighted by atomic mass is 19.2. The lowest BCUT2D eigenvalue weighted by molar-refractivity contribution is 0.0901. The van der Waals surface area contributed by atoms with Crippen molar-refractivity contribution in [2.24, 2.45) is 5.92 Å². The fourth-order valence-electron chi connectivity index (χ4n) is 1.85. The van der Waals surface area contributed by atoms with Crippen LogP contribution in [0.25, 0.3) is 0 Å². The molecule has 0 spiro atoms. The molecule has 2 rings (SSSR count). The Hall–Kier alpha value is -1.00. The summed E-state index contributed by atoms with van der Waals surface area (Å²) in [7, 11) is 0. The number of hydrogen-bond donors (Lipinski definition) is 1. The summed E-state index contributed by atoms with van der Waals surface area (Å²) in [6.07, 6.45) is 1.09.